The van der Waals surface area contributed by atoms with E-state index in [-0.39, 0.29) is 0 Å². The van der Waals surface area contributed by atoms with Gasteiger partial charge in [0.2, 0.25) is 0 Å². The molecule has 0 aliphatic carbocycles. The number of nitrogens with zero attached hydrogens (tertiary/aromatic N) is 1. The summed E-state index contributed by atoms with van der Waals surface area (Å²) in [5.41, 5.74) is 6.62. The summed E-state index contributed by atoms with van der Waals surface area (Å²) in [6.45, 7) is 0. The van der Waals surface area contributed by atoms with Crippen LogP contribution < -0.4 is 10.5 Å². The fraction of sp³-hybridized carbons (Fsp3) is 0.0833. The molecule has 2 rings (SSSR count). The Labute approximate surface area is 105 Å². The zero-order valence-corrected chi connectivity index (χ0v) is 9.41. The predicted molar refractivity (Wildman–Crippen MR) is 60.7 cm³/mol. The smallest absolute Gasteiger partial charge is 0.403 e. The molecule has 2 N–H and O–H groups in total. The Hall–Kier alpha value is -2.31. The summed E-state index contributed by atoms with van der Waals surface area (Å²) in [6, 6.07) is 6.10. The van der Waals surface area contributed by atoms with Crippen molar-refractivity contribution < 1.29 is 22.3 Å². The van der Waals surface area contributed by atoms with E-state index < -0.39 is 17.9 Å². The Balaban J connectivity index is 2.34. The number of nitrogen functional groups attached to an aromatic ring is 1. The zero-order valence-electron chi connectivity index (χ0n) is 9.41. The van der Waals surface area contributed by atoms with Crippen LogP contribution in [-0.4, -0.2) is 11.3 Å². The number of hydrogen-bond donors (Lipinski definition) is 1. The zero-order chi connectivity index (χ0) is 14.0. The van der Waals surface area contributed by atoms with Gasteiger partial charge in [-0.2, -0.15) is 0 Å². The third-order valence-electron chi connectivity index (χ3n) is 2.24. The van der Waals surface area contributed by atoms with E-state index in [4.69, 9.17) is 5.73 Å². The molecule has 1 aromatic heterocycles. The molecule has 0 unspecified atom stereocenters. The van der Waals surface area contributed by atoms with Gasteiger partial charge in [0.15, 0.2) is 11.6 Å². The highest BCUT2D eigenvalue weighted by molar-refractivity contribution is 5.63. The molecule has 0 radical (unpaired) electrons. The van der Waals surface area contributed by atoms with E-state index in [2.05, 4.69) is 9.72 Å². The van der Waals surface area contributed by atoms with Gasteiger partial charge in [-0.05, 0) is 30.3 Å². The lowest BCUT2D eigenvalue weighted by molar-refractivity contribution is -0.275. The van der Waals surface area contributed by atoms with E-state index >= 15 is 0 Å². The van der Waals surface area contributed by atoms with Crippen molar-refractivity contribution in [2.24, 2.45) is 0 Å². The van der Waals surface area contributed by atoms with Crippen LogP contribution in [0.25, 0.3) is 11.3 Å². The van der Waals surface area contributed by atoms with Crippen molar-refractivity contribution in [2.75, 3.05) is 5.73 Å². The lowest BCUT2D eigenvalue weighted by atomic mass is 10.1. The standard InChI is InChI=1S/C12H8F4N2O/c13-9-5-7(10-6-8(17)3-4-18-10)1-2-11(9)19-12(14,15)16/h1-6H,(H2,17,18). The second-order valence-electron chi connectivity index (χ2n) is 3.67. The van der Waals surface area contributed by atoms with Crippen molar-refractivity contribution in [3.05, 3.63) is 42.3 Å². The van der Waals surface area contributed by atoms with Gasteiger partial charge in [-0.1, -0.05) is 0 Å². The third-order valence-corrected chi connectivity index (χ3v) is 2.24. The maximum absolute atomic E-state index is 13.5. The molecule has 0 aliphatic heterocycles. The highest BCUT2D eigenvalue weighted by atomic mass is 19.4. The summed E-state index contributed by atoms with van der Waals surface area (Å²) in [5, 5.41) is 0. The molecule has 2 aromatic rings. The molecule has 0 saturated heterocycles. The number of halogens is 4. The number of rotatable bonds is 2. The van der Waals surface area contributed by atoms with E-state index in [9.17, 15) is 17.6 Å². The summed E-state index contributed by atoms with van der Waals surface area (Å²) >= 11 is 0. The van der Waals surface area contributed by atoms with Crippen LogP contribution in [0.3, 0.4) is 0 Å². The van der Waals surface area contributed by atoms with Crippen molar-refractivity contribution >= 4 is 5.69 Å². The number of benzene rings is 1. The minimum atomic E-state index is -4.93. The monoisotopic (exact) mass is 272 g/mol. The molecule has 3 nitrogen and oxygen atoms in total. The average molecular weight is 272 g/mol. The minimum absolute atomic E-state index is 0.305. The second-order valence-corrected chi connectivity index (χ2v) is 3.67. The first-order valence-electron chi connectivity index (χ1n) is 5.12. The van der Waals surface area contributed by atoms with E-state index in [0.717, 1.165) is 12.1 Å². The average Bonchev–Trinajstić information content (AvgIpc) is 2.30. The molecule has 0 atom stereocenters. The van der Waals surface area contributed by atoms with Crippen LogP contribution in [0.15, 0.2) is 36.5 Å². The molecular formula is C12H8F4N2O. The van der Waals surface area contributed by atoms with Gasteiger partial charge in [0.25, 0.3) is 0 Å². The lowest BCUT2D eigenvalue weighted by Gasteiger charge is -2.10. The van der Waals surface area contributed by atoms with Gasteiger partial charge in [0, 0.05) is 17.4 Å². The second kappa shape index (κ2) is 4.75. The van der Waals surface area contributed by atoms with Gasteiger partial charge in [-0.3, -0.25) is 4.98 Å². The van der Waals surface area contributed by atoms with Crippen LogP contribution in [0.5, 0.6) is 5.75 Å². The first-order chi connectivity index (χ1) is 8.85. The highest BCUT2D eigenvalue weighted by Crippen LogP contribution is 2.29. The number of nitrogens with two attached hydrogens (primary N) is 1. The molecule has 0 aliphatic rings. The minimum Gasteiger partial charge on any atom is -0.403 e. The highest BCUT2D eigenvalue weighted by Gasteiger charge is 2.32. The van der Waals surface area contributed by atoms with Crippen LogP contribution in [0.1, 0.15) is 0 Å². The summed E-state index contributed by atoms with van der Waals surface area (Å²) in [6.07, 6.45) is -3.51. The fourth-order valence-electron chi connectivity index (χ4n) is 1.47. The maximum Gasteiger partial charge on any atom is 0.573 e. The van der Waals surface area contributed by atoms with E-state index in [1.54, 1.807) is 6.07 Å². The van der Waals surface area contributed by atoms with E-state index in [1.165, 1.54) is 18.3 Å². The molecular weight excluding hydrogens is 264 g/mol. The van der Waals surface area contributed by atoms with E-state index in [1.807, 2.05) is 0 Å². The fourth-order valence-corrected chi connectivity index (χ4v) is 1.47. The molecule has 19 heavy (non-hydrogen) atoms. The molecule has 7 heteroatoms. The van der Waals surface area contributed by atoms with Gasteiger partial charge in [-0.15, -0.1) is 13.2 Å². The largest absolute Gasteiger partial charge is 0.573 e. The number of pyridine rings is 1. The number of hydrogen-bond acceptors (Lipinski definition) is 3. The number of anilines is 1. The van der Waals surface area contributed by atoms with Gasteiger partial charge in [0.1, 0.15) is 0 Å². The quantitative estimate of drug-likeness (QED) is 0.853. The Morgan fingerprint density at radius 1 is 1.11 bits per heavy atom. The Kier molecular flexibility index (Phi) is 3.28. The van der Waals surface area contributed by atoms with Crippen molar-refractivity contribution in [2.45, 2.75) is 6.36 Å². The SMILES string of the molecule is Nc1ccnc(-c2ccc(OC(F)(F)F)c(F)c2)c1. The van der Waals surface area contributed by atoms with Crippen LogP contribution in [-0.2, 0) is 0 Å². The summed E-state index contributed by atoms with van der Waals surface area (Å²) in [7, 11) is 0. The van der Waals surface area contributed by atoms with Crippen molar-refractivity contribution in [3.8, 4) is 17.0 Å². The van der Waals surface area contributed by atoms with Gasteiger partial charge < -0.3 is 10.5 Å². The van der Waals surface area contributed by atoms with Crippen LogP contribution in [0.4, 0.5) is 23.2 Å². The maximum atomic E-state index is 13.5. The predicted octanol–water partition coefficient (Wildman–Crippen LogP) is 3.37. The summed E-state index contributed by atoms with van der Waals surface area (Å²) in [5.74, 6) is -2.01. The Morgan fingerprint density at radius 3 is 2.42 bits per heavy atom. The molecule has 0 saturated carbocycles. The van der Waals surface area contributed by atoms with Crippen molar-refractivity contribution in [1.82, 2.24) is 4.98 Å². The van der Waals surface area contributed by atoms with Crippen LogP contribution >= 0.6 is 0 Å². The molecule has 0 fully saturated rings. The van der Waals surface area contributed by atoms with Crippen molar-refractivity contribution in [3.63, 3.8) is 0 Å². The van der Waals surface area contributed by atoms with Crippen molar-refractivity contribution in [1.29, 1.82) is 0 Å². The van der Waals surface area contributed by atoms with E-state index in [0.29, 0.717) is 16.9 Å². The first-order valence-corrected chi connectivity index (χ1v) is 5.12. The first kappa shape index (κ1) is 13.1. The van der Waals surface area contributed by atoms with Crippen LogP contribution in [0, 0.1) is 5.82 Å². The molecule has 1 heterocycles. The molecule has 0 bridgehead atoms. The molecule has 100 valence electrons. The van der Waals surface area contributed by atoms with Crippen LogP contribution in [0.2, 0.25) is 0 Å². The summed E-state index contributed by atoms with van der Waals surface area (Å²) < 4.78 is 52.9. The number of ether oxygens (including phenoxy) is 1. The molecule has 0 amide bonds. The third kappa shape index (κ3) is 3.34. The number of aromatic nitrogens is 1. The molecule has 1 aromatic carbocycles. The topological polar surface area (TPSA) is 48.1 Å². The van der Waals surface area contributed by atoms with Gasteiger partial charge >= 0.3 is 6.36 Å². The Bertz CT molecular complexity index is 599. The Morgan fingerprint density at radius 2 is 1.84 bits per heavy atom. The lowest BCUT2D eigenvalue weighted by Crippen LogP contribution is -2.17. The number of alkyl halides is 3. The molecule has 0 spiro atoms. The van der Waals surface area contributed by atoms with Gasteiger partial charge in [0.05, 0.1) is 5.69 Å². The summed E-state index contributed by atoms with van der Waals surface area (Å²) in [4.78, 5) is 3.95. The van der Waals surface area contributed by atoms with Gasteiger partial charge in [-0.25, -0.2) is 4.39 Å². The normalized spacial score (nSPS) is 11.4.